The van der Waals surface area contributed by atoms with E-state index < -0.39 is 24.5 Å². The summed E-state index contributed by atoms with van der Waals surface area (Å²) in [4.78, 5) is 45.4. The molecule has 0 aliphatic heterocycles. The van der Waals surface area contributed by atoms with E-state index in [4.69, 9.17) is 9.47 Å². The number of nitrogens with one attached hydrogen (secondary N) is 1. The lowest BCUT2D eigenvalue weighted by Crippen LogP contribution is -2.22. The lowest BCUT2D eigenvalue weighted by atomic mass is 10.1. The van der Waals surface area contributed by atoms with Crippen LogP contribution in [0, 0.1) is 6.92 Å². The third-order valence-corrected chi connectivity index (χ3v) is 5.43. The van der Waals surface area contributed by atoms with E-state index in [9.17, 15) is 14.4 Å². The summed E-state index contributed by atoms with van der Waals surface area (Å²) in [6.07, 6.45) is 2.71. The molecule has 3 heterocycles. The van der Waals surface area contributed by atoms with E-state index in [1.54, 1.807) is 19.2 Å². The number of aromatic nitrogens is 2. The van der Waals surface area contributed by atoms with Crippen molar-refractivity contribution in [2.75, 3.05) is 18.5 Å². The zero-order valence-corrected chi connectivity index (χ0v) is 17.3. The highest BCUT2D eigenvalue weighted by Gasteiger charge is 2.23. The van der Waals surface area contributed by atoms with Gasteiger partial charge in [-0.05, 0) is 25.3 Å². The highest BCUT2D eigenvalue weighted by Crippen LogP contribution is 2.38. The molecule has 29 heavy (non-hydrogen) atoms. The number of carbonyl (C=O) groups is 3. The molecule has 0 aromatic carbocycles. The zero-order chi connectivity index (χ0) is 20.8. The van der Waals surface area contributed by atoms with Gasteiger partial charge < -0.3 is 14.8 Å². The van der Waals surface area contributed by atoms with Crippen molar-refractivity contribution in [2.24, 2.45) is 0 Å². The molecule has 0 saturated carbocycles. The smallest absolute Gasteiger partial charge is 0.359 e. The minimum Gasteiger partial charge on any atom is -0.462 e. The number of esters is 2. The number of thiophene rings is 2. The van der Waals surface area contributed by atoms with Crippen molar-refractivity contribution in [1.29, 1.82) is 0 Å². The molecule has 0 bridgehead atoms. The number of amides is 1. The SMILES string of the molecule is CCOC(=O)c1c(-c2cccs2)csc1NC(=O)COC(=O)c1cnc(C)cn1. The van der Waals surface area contributed by atoms with Crippen LogP contribution in [0.1, 0.15) is 33.5 Å². The summed E-state index contributed by atoms with van der Waals surface area (Å²) in [6.45, 7) is 3.13. The van der Waals surface area contributed by atoms with Crippen molar-refractivity contribution >= 4 is 45.5 Å². The van der Waals surface area contributed by atoms with Gasteiger partial charge in [0.25, 0.3) is 5.91 Å². The first-order chi connectivity index (χ1) is 14.0. The van der Waals surface area contributed by atoms with Gasteiger partial charge in [-0.25, -0.2) is 14.6 Å². The van der Waals surface area contributed by atoms with Crippen molar-refractivity contribution in [2.45, 2.75) is 13.8 Å². The maximum Gasteiger partial charge on any atom is 0.359 e. The molecule has 3 aromatic rings. The minimum absolute atomic E-state index is 0.00622. The molecule has 10 heteroatoms. The predicted molar refractivity (Wildman–Crippen MR) is 109 cm³/mol. The van der Waals surface area contributed by atoms with Gasteiger partial charge in [0.05, 0.1) is 18.5 Å². The van der Waals surface area contributed by atoms with E-state index in [2.05, 4.69) is 15.3 Å². The fourth-order valence-electron chi connectivity index (χ4n) is 2.33. The molecule has 3 rings (SSSR count). The van der Waals surface area contributed by atoms with E-state index in [1.807, 2.05) is 17.5 Å². The summed E-state index contributed by atoms with van der Waals surface area (Å²) in [5.74, 6) is -1.87. The van der Waals surface area contributed by atoms with Crippen LogP contribution in [-0.4, -0.2) is 41.0 Å². The van der Waals surface area contributed by atoms with E-state index in [-0.39, 0.29) is 17.9 Å². The first-order valence-electron chi connectivity index (χ1n) is 8.57. The van der Waals surface area contributed by atoms with Gasteiger partial charge in [-0.1, -0.05) is 6.07 Å². The topological polar surface area (TPSA) is 107 Å². The van der Waals surface area contributed by atoms with Gasteiger partial charge in [-0.2, -0.15) is 0 Å². The molecule has 0 unspecified atom stereocenters. The number of anilines is 1. The molecule has 8 nitrogen and oxygen atoms in total. The van der Waals surface area contributed by atoms with Crippen LogP contribution in [0.5, 0.6) is 0 Å². The molecule has 0 aliphatic rings. The van der Waals surface area contributed by atoms with Gasteiger partial charge in [-0.15, -0.1) is 22.7 Å². The van der Waals surface area contributed by atoms with Crippen LogP contribution >= 0.6 is 22.7 Å². The second-order valence-corrected chi connectivity index (χ2v) is 7.55. The van der Waals surface area contributed by atoms with Crippen molar-refractivity contribution in [3.8, 4) is 10.4 Å². The second kappa shape index (κ2) is 9.39. The largest absolute Gasteiger partial charge is 0.462 e. The van der Waals surface area contributed by atoms with Crippen molar-refractivity contribution < 1.29 is 23.9 Å². The Bertz CT molecular complexity index is 1010. The van der Waals surface area contributed by atoms with Crippen LogP contribution in [0.25, 0.3) is 10.4 Å². The maximum absolute atomic E-state index is 12.4. The molecule has 1 amide bonds. The number of ether oxygens (including phenoxy) is 2. The predicted octanol–water partition coefficient (Wildman–Crippen LogP) is 3.55. The van der Waals surface area contributed by atoms with Crippen molar-refractivity contribution in [3.63, 3.8) is 0 Å². The average Bonchev–Trinajstić information content (AvgIpc) is 3.36. The number of carbonyl (C=O) groups excluding carboxylic acids is 3. The third kappa shape index (κ3) is 5.04. The number of aryl methyl sites for hydroxylation is 1. The molecular formula is C19H17N3O5S2. The van der Waals surface area contributed by atoms with Gasteiger partial charge in [0.2, 0.25) is 0 Å². The Morgan fingerprint density at radius 2 is 1.93 bits per heavy atom. The molecular weight excluding hydrogens is 414 g/mol. The molecule has 0 spiro atoms. The van der Waals surface area contributed by atoms with Crippen LogP contribution in [0.2, 0.25) is 0 Å². The van der Waals surface area contributed by atoms with Crippen LogP contribution in [0.3, 0.4) is 0 Å². The van der Waals surface area contributed by atoms with Crippen LogP contribution in [0.4, 0.5) is 5.00 Å². The average molecular weight is 431 g/mol. The molecule has 3 aromatic heterocycles. The highest BCUT2D eigenvalue weighted by molar-refractivity contribution is 7.17. The zero-order valence-electron chi connectivity index (χ0n) is 15.6. The van der Waals surface area contributed by atoms with Gasteiger partial charge in [0, 0.05) is 22.0 Å². The third-order valence-electron chi connectivity index (χ3n) is 3.63. The minimum atomic E-state index is -0.760. The fourth-order valence-corrected chi connectivity index (χ4v) is 4.12. The maximum atomic E-state index is 12.4. The van der Waals surface area contributed by atoms with Gasteiger partial charge in [-0.3, -0.25) is 9.78 Å². The standard InChI is InChI=1S/C19H17N3O5S2/c1-3-26-19(25)16-12(14-5-4-6-28-14)10-29-17(16)22-15(23)9-27-18(24)13-8-20-11(2)7-21-13/h4-8,10H,3,9H2,1-2H3,(H,22,23). The molecule has 1 N–H and O–H groups in total. The lowest BCUT2D eigenvalue weighted by Gasteiger charge is -2.08. The highest BCUT2D eigenvalue weighted by atomic mass is 32.1. The molecule has 0 fully saturated rings. The van der Waals surface area contributed by atoms with Gasteiger partial charge in [0.1, 0.15) is 10.6 Å². The molecule has 150 valence electrons. The van der Waals surface area contributed by atoms with E-state index in [0.29, 0.717) is 16.3 Å². The van der Waals surface area contributed by atoms with E-state index in [1.165, 1.54) is 35.1 Å². The van der Waals surface area contributed by atoms with Crippen LogP contribution in [0.15, 0.2) is 35.3 Å². The second-order valence-electron chi connectivity index (χ2n) is 5.72. The van der Waals surface area contributed by atoms with Crippen LogP contribution in [-0.2, 0) is 14.3 Å². The Balaban J connectivity index is 1.70. The monoisotopic (exact) mass is 431 g/mol. The summed E-state index contributed by atoms with van der Waals surface area (Å²) in [5.41, 5.74) is 1.63. The van der Waals surface area contributed by atoms with E-state index in [0.717, 1.165) is 4.88 Å². The van der Waals surface area contributed by atoms with Gasteiger partial charge in [0.15, 0.2) is 12.3 Å². The Morgan fingerprint density at radius 1 is 1.10 bits per heavy atom. The Kier molecular flexibility index (Phi) is 6.68. The number of hydrogen-bond donors (Lipinski definition) is 1. The quantitative estimate of drug-likeness (QED) is 0.570. The van der Waals surface area contributed by atoms with E-state index >= 15 is 0 Å². The molecule has 0 radical (unpaired) electrons. The van der Waals surface area contributed by atoms with Crippen molar-refractivity contribution in [1.82, 2.24) is 9.97 Å². The van der Waals surface area contributed by atoms with Crippen molar-refractivity contribution in [3.05, 3.63) is 52.2 Å². The Morgan fingerprint density at radius 3 is 2.59 bits per heavy atom. The normalized spacial score (nSPS) is 10.4. The summed E-state index contributed by atoms with van der Waals surface area (Å²) >= 11 is 2.67. The first-order valence-corrected chi connectivity index (χ1v) is 10.3. The summed E-state index contributed by atoms with van der Waals surface area (Å²) in [6, 6.07) is 3.75. The number of rotatable bonds is 7. The van der Waals surface area contributed by atoms with Crippen LogP contribution < -0.4 is 5.32 Å². The molecule has 0 atom stereocenters. The Labute approximate surface area is 174 Å². The molecule has 0 aliphatic carbocycles. The van der Waals surface area contributed by atoms with Gasteiger partial charge >= 0.3 is 11.9 Å². The first kappa shape index (κ1) is 20.6. The summed E-state index contributed by atoms with van der Waals surface area (Å²) in [7, 11) is 0. The summed E-state index contributed by atoms with van der Waals surface area (Å²) < 4.78 is 10.1. The molecule has 0 saturated heterocycles. The number of nitrogens with zero attached hydrogens (tertiary/aromatic N) is 2. The summed E-state index contributed by atoms with van der Waals surface area (Å²) in [5, 5.41) is 6.63. The fraction of sp³-hybridized carbons (Fsp3) is 0.211. The number of hydrogen-bond acceptors (Lipinski definition) is 9. The Hall–Kier alpha value is -3.11. The lowest BCUT2D eigenvalue weighted by molar-refractivity contribution is -0.119.